The normalized spacial score (nSPS) is 10.5. The molecular formula is C18H16N2OS. The second kappa shape index (κ2) is 6.12. The van der Waals surface area contributed by atoms with E-state index in [0.717, 1.165) is 22.0 Å². The van der Waals surface area contributed by atoms with Gasteiger partial charge in [0.1, 0.15) is 9.88 Å². The number of carbonyl (C=O) groups excluding carboxylic acids is 1. The third-order valence-corrected chi connectivity index (χ3v) is 4.54. The van der Waals surface area contributed by atoms with E-state index in [1.807, 2.05) is 49.4 Å². The fraction of sp³-hybridized carbons (Fsp3) is 0.111. The Labute approximate surface area is 133 Å². The van der Waals surface area contributed by atoms with Gasteiger partial charge in [0, 0.05) is 11.3 Å². The third-order valence-electron chi connectivity index (χ3n) is 3.33. The fourth-order valence-corrected chi connectivity index (χ4v) is 3.10. The number of nitrogens with one attached hydrogen (secondary N) is 1. The van der Waals surface area contributed by atoms with Gasteiger partial charge in [0.25, 0.3) is 5.91 Å². The highest BCUT2D eigenvalue weighted by atomic mass is 32.1. The van der Waals surface area contributed by atoms with Crippen molar-refractivity contribution in [3.63, 3.8) is 0 Å². The Bertz CT molecular complexity index is 792. The number of aromatic nitrogens is 1. The summed E-state index contributed by atoms with van der Waals surface area (Å²) in [5.41, 5.74) is 3.79. The van der Waals surface area contributed by atoms with Crippen LogP contribution in [0, 0.1) is 13.8 Å². The number of rotatable bonds is 3. The molecule has 2 aromatic carbocycles. The molecule has 0 fully saturated rings. The lowest BCUT2D eigenvalue weighted by molar-refractivity contribution is 0.103. The molecule has 0 aliphatic carbocycles. The zero-order valence-corrected chi connectivity index (χ0v) is 13.3. The van der Waals surface area contributed by atoms with E-state index in [1.165, 1.54) is 16.9 Å². The topological polar surface area (TPSA) is 42.0 Å². The number of thiazole rings is 1. The Kier molecular flexibility index (Phi) is 4.02. The highest BCUT2D eigenvalue weighted by Crippen LogP contribution is 2.28. The molecule has 0 aliphatic heterocycles. The van der Waals surface area contributed by atoms with Gasteiger partial charge in [0.2, 0.25) is 0 Å². The lowest BCUT2D eigenvalue weighted by Gasteiger charge is -2.02. The van der Waals surface area contributed by atoms with E-state index in [2.05, 4.69) is 29.4 Å². The number of para-hydroxylation sites is 1. The van der Waals surface area contributed by atoms with E-state index >= 15 is 0 Å². The minimum Gasteiger partial charge on any atom is -0.321 e. The zero-order valence-electron chi connectivity index (χ0n) is 12.5. The molecule has 4 heteroatoms. The molecule has 0 saturated heterocycles. The highest BCUT2D eigenvalue weighted by Gasteiger charge is 2.16. The van der Waals surface area contributed by atoms with E-state index in [-0.39, 0.29) is 5.91 Å². The summed E-state index contributed by atoms with van der Waals surface area (Å²) in [5, 5.41) is 3.78. The molecule has 22 heavy (non-hydrogen) atoms. The molecule has 1 aromatic heterocycles. The van der Waals surface area contributed by atoms with Crippen molar-refractivity contribution in [3.8, 4) is 10.6 Å². The molecule has 3 nitrogen and oxygen atoms in total. The Balaban J connectivity index is 1.86. The maximum Gasteiger partial charge on any atom is 0.267 e. The molecule has 1 heterocycles. The number of amides is 1. The van der Waals surface area contributed by atoms with Gasteiger partial charge in [-0.05, 0) is 26.0 Å². The van der Waals surface area contributed by atoms with Crippen molar-refractivity contribution in [3.05, 3.63) is 70.7 Å². The summed E-state index contributed by atoms with van der Waals surface area (Å²) in [6.07, 6.45) is 0. The van der Waals surface area contributed by atoms with Crippen molar-refractivity contribution in [2.24, 2.45) is 0 Å². The second-order valence-corrected chi connectivity index (χ2v) is 6.12. The molecule has 3 rings (SSSR count). The number of nitrogens with zero attached hydrogens (tertiary/aromatic N) is 1. The van der Waals surface area contributed by atoms with Crippen LogP contribution < -0.4 is 5.32 Å². The molecule has 3 aromatic rings. The van der Waals surface area contributed by atoms with E-state index in [0.29, 0.717) is 4.88 Å². The number of aryl methyl sites for hydroxylation is 2. The third kappa shape index (κ3) is 3.07. The summed E-state index contributed by atoms with van der Waals surface area (Å²) in [6, 6.07) is 17.6. The lowest BCUT2D eigenvalue weighted by atomic mass is 10.2. The molecule has 110 valence electrons. The van der Waals surface area contributed by atoms with Crippen LogP contribution in [0.1, 0.15) is 20.9 Å². The number of hydrogen-bond donors (Lipinski definition) is 1. The average Bonchev–Trinajstić information content (AvgIpc) is 2.91. The van der Waals surface area contributed by atoms with E-state index in [4.69, 9.17) is 0 Å². The lowest BCUT2D eigenvalue weighted by Crippen LogP contribution is -2.11. The summed E-state index contributed by atoms with van der Waals surface area (Å²) in [4.78, 5) is 17.6. The van der Waals surface area contributed by atoms with E-state index in [1.54, 1.807) is 0 Å². The first-order chi connectivity index (χ1) is 10.6. The first kappa shape index (κ1) is 14.5. The average molecular weight is 308 g/mol. The standard InChI is InChI=1S/C18H16N2OS/c1-12-8-10-14(11-9-12)18-19-13(2)16(22-18)17(21)20-15-6-4-3-5-7-15/h3-11H,1-2H3,(H,20,21). The fourth-order valence-electron chi connectivity index (χ4n) is 2.14. The summed E-state index contributed by atoms with van der Waals surface area (Å²) in [7, 11) is 0. The van der Waals surface area contributed by atoms with Crippen LogP contribution in [0.5, 0.6) is 0 Å². The van der Waals surface area contributed by atoms with Crippen LogP contribution >= 0.6 is 11.3 Å². The van der Waals surface area contributed by atoms with Crippen molar-refractivity contribution in [2.75, 3.05) is 5.32 Å². The Morgan fingerprint density at radius 3 is 2.36 bits per heavy atom. The van der Waals surface area contributed by atoms with Crippen LogP contribution in [0.2, 0.25) is 0 Å². The van der Waals surface area contributed by atoms with E-state index in [9.17, 15) is 4.79 Å². The van der Waals surface area contributed by atoms with Gasteiger partial charge in [-0.25, -0.2) is 4.98 Å². The number of anilines is 1. The Morgan fingerprint density at radius 2 is 1.68 bits per heavy atom. The molecule has 0 atom stereocenters. The van der Waals surface area contributed by atoms with Crippen LogP contribution in [0.4, 0.5) is 5.69 Å². The summed E-state index contributed by atoms with van der Waals surface area (Å²) in [6.45, 7) is 3.92. The Morgan fingerprint density at radius 1 is 1.00 bits per heavy atom. The van der Waals surface area contributed by atoms with Gasteiger partial charge in [0.05, 0.1) is 5.69 Å². The number of benzene rings is 2. The van der Waals surface area contributed by atoms with Gasteiger partial charge in [-0.1, -0.05) is 48.0 Å². The summed E-state index contributed by atoms with van der Waals surface area (Å²) >= 11 is 1.42. The second-order valence-electron chi connectivity index (χ2n) is 5.12. The van der Waals surface area contributed by atoms with Crippen molar-refractivity contribution in [1.29, 1.82) is 0 Å². The predicted molar refractivity (Wildman–Crippen MR) is 91.4 cm³/mol. The molecule has 0 bridgehead atoms. The van der Waals surface area contributed by atoms with Gasteiger partial charge in [0.15, 0.2) is 0 Å². The maximum absolute atomic E-state index is 12.4. The monoisotopic (exact) mass is 308 g/mol. The maximum atomic E-state index is 12.4. The summed E-state index contributed by atoms with van der Waals surface area (Å²) in [5.74, 6) is -0.112. The molecule has 0 unspecified atom stereocenters. The Hall–Kier alpha value is -2.46. The largest absolute Gasteiger partial charge is 0.321 e. The van der Waals surface area contributed by atoms with Crippen molar-refractivity contribution in [1.82, 2.24) is 4.98 Å². The van der Waals surface area contributed by atoms with E-state index < -0.39 is 0 Å². The molecule has 1 N–H and O–H groups in total. The summed E-state index contributed by atoms with van der Waals surface area (Å²) < 4.78 is 0. The minimum absolute atomic E-state index is 0.112. The van der Waals surface area contributed by atoms with Crippen LogP contribution in [-0.4, -0.2) is 10.9 Å². The van der Waals surface area contributed by atoms with Gasteiger partial charge in [-0.15, -0.1) is 11.3 Å². The first-order valence-electron chi connectivity index (χ1n) is 7.04. The van der Waals surface area contributed by atoms with Crippen LogP contribution in [0.15, 0.2) is 54.6 Å². The molecule has 0 spiro atoms. The zero-order chi connectivity index (χ0) is 15.5. The van der Waals surface area contributed by atoms with Gasteiger partial charge >= 0.3 is 0 Å². The highest BCUT2D eigenvalue weighted by molar-refractivity contribution is 7.17. The molecule has 0 saturated carbocycles. The smallest absolute Gasteiger partial charge is 0.267 e. The van der Waals surface area contributed by atoms with Crippen LogP contribution in [0.3, 0.4) is 0 Å². The van der Waals surface area contributed by atoms with Crippen LogP contribution in [0.25, 0.3) is 10.6 Å². The quantitative estimate of drug-likeness (QED) is 0.763. The van der Waals surface area contributed by atoms with Gasteiger partial charge < -0.3 is 5.32 Å². The number of hydrogen-bond acceptors (Lipinski definition) is 3. The predicted octanol–water partition coefficient (Wildman–Crippen LogP) is 4.68. The minimum atomic E-state index is -0.112. The van der Waals surface area contributed by atoms with Crippen molar-refractivity contribution >= 4 is 22.9 Å². The van der Waals surface area contributed by atoms with Crippen molar-refractivity contribution < 1.29 is 4.79 Å². The molecule has 0 radical (unpaired) electrons. The van der Waals surface area contributed by atoms with Gasteiger partial charge in [-0.2, -0.15) is 0 Å². The SMILES string of the molecule is Cc1ccc(-c2nc(C)c(C(=O)Nc3ccccc3)s2)cc1. The molecule has 0 aliphatic rings. The first-order valence-corrected chi connectivity index (χ1v) is 7.86. The van der Waals surface area contributed by atoms with Gasteiger partial charge in [-0.3, -0.25) is 4.79 Å². The van der Waals surface area contributed by atoms with Crippen LogP contribution in [-0.2, 0) is 0 Å². The molecular weight excluding hydrogens is 292 g/mol. The van der Waals surface area contributed by atoms with Crippen molar-refractivity contribution in [2.45, 2.75) is 13.8 Å². The number of carbonyl (C=O) groups is 1. The molecule has 1 amide bonds.